The molecule has 0 fully saturated rings. The van der Waals surface area contributed by atoms with Gasteiger partial charge in [0.05, 0.1) is 10.5 Å². The van der Waals surface area contributed by atoms with E-state index in [1.165, 1.54) is 29.3 Å². The van der Waals surface area contributed by atoms with Crippen molar-refractivity contribution in [3.8, 4) is 0 Å². The summed E-state index contributed by atoms with van der Waals surface area (Å²) in [5.74, 6) is -0.911. The van der Waals surface area contributed by atoms with Gasteiger partial charge in [-0.2, -0.15) is 0 Å². The molecule has 0 aliphatic carbocycles. The highest BCUT2D eigenvalue weighted by Crippen LogP contribution is 2.28. The molecule has 1 atom stereocenters. The van der Waals surface area contributed by atoms with Crippen molar-refractivity contribution in [2.24, 2.45) is 0 Å². The van der Waals surface area contributed by atoms with Gasteiger partial charge in [0.15, 0.2) is 0 Å². The van der Waals surface area contributed by atoms with Crippen molar-refractivity contribution in [3.63, 3.8) is 0 Å². The first kappa shape index (κ1) is 18.7. The molecule has 0 saturated heterocycles. The van der Waals surface area contributed by atoms with E-state index in [2.05, 4.69) is 10.7 Å². The number of amides is 2. The van der Waals surface area contributed by atoms with Crippen molar-refractivity contribution in [3.05, 3.63) is 68.7 Å². The Labute approximate surface area is 160 Å². The van der Waals surface area contributed by atoms with Crippen LogP contribution in [0.5, 0.6) is 0 Å². The van der Waals surface area contributed by atoms with Crippen LogP contribution in [0.15, 0.2) is 42.5 Å². The topological polar surface area (TPSA) is 105 Å². The number of anilines is 1. The molecule has 0 spiro atoms. The maximum atomic E-state index is 12.9. The molecule has 0 bridgehead atoms. The van der Waals surface area contributed by atoms with E-state index in [-0.39, 0.29) is 17.2 Å². The average Bonchev–Trinajstić information content (AvgIpc) is 2.65. The standard InChI is InChI=1S/C18H17ClN4O4/c1-2-3-16-20-15-9-6-12(19)10-14(15)18(25)22(16)21-17(24)11-4-7-13(8-5-11)23(26)27/h4-10,16,20H,2-3H2,1H3,(H,21,24). The fourth-order valence-corrected chi connectivity index (χ4v) is 3.02. The molecule has 9 heteroatoms. The molecule has 27 heavy (non-hydrogen) atoms. The van der Waals surface area contributed by atoms with E-state index in [4.69, 9.17) is 11.6 Å². The van der Waals surface area contributed by atoms with Crippen LogP contribution in [0.1, 0.15) is 40.5 Å². The zero-order valence-electron chi connectivity index (χ0n) is 14.4. The van der Waals surface area contributed by atoms with Gasteiger partial charge in [-0.25, -0.2) is 5.01 Å². The summed E-state index contributed by atoms with van der Waals surface area (Å²) in [5.41, 5.74) is 3.71. The van der Waals surface area contributed by atoms with Crippen molar-refractivity contribution in [2.45, 2.75) is 25.9 Å². The quantitative estimate of drug-likeness (QED) is 0.601. The largest absolute Gasteiger partial charge is 0.363 e. The number of nitro benzene ring substituents is 1. The second-order valence-corrected chi connectivity index (χ2v) is 6.50. The lowest BCUT2D eigenvalue weighted by atomic mass is 10.1. The van der Waals surface area contributed by atoms with E-state index in [9.17, 15) is 19.7 Å². The molecule has 1 aliphatic rings. The molecule has 2 aromatic rings. The van der Waals surface area contributed by atoms with Gasteiger partial charge in [-0.1, -0.05) is 24.9 Å². The molecular formula is C18H17ClN4O4. The number of carbonyl (C=O) groups is 2. The van der Waals surface area contributed by atoms with Crippen LogP contribution in [0.25, 0.3) is 0 Å². The summed E-state index contributed by atoms with van der Waals surface area (Å²) in [5, 5.41) is 15.6. The summed E-state index contributed by atoms with van der Waals surface area (Å²) in [6.07, 6.45) is 0.990. The van der Waals surface area contributed by atoms with Gasteiger partial charge in [0.1, 0.15) is 6.17 Å². The molecule has 1 heterocycles. The molecule has 2 amide bonds. The number of rotatable bonds is 5. The second kappa shape index (κ2) is 7.63. The Balaban J connectivity index is 1.85. The molecule has 0 saturated carbocycles. The van der Waals surface area contributed by atoms with Crippen LogP contribution in [0.4, 0.5) is 11.4 Å². The third kappa shape index (κ3) is 3.85. The van der Waals surface area contributed by atoms with Crippen LogP contribution in [0, 0.1) is 10.1 Å². The number of nitro groups is 1. The lowest BCUT2D eigenvalue weighted by Gasteiger charge is -2.37. The van der Waals surface area contributed by atoms with E-state index in [0.717, 1.165) is 6.42 Å². The highest BCUT2D eigenvalue weighted by Gasteiger charge is 2.33. The normalized spacial score (nSPS) is 15.7. The van der Waals surface area contributed by atoms with E-state index in [1.54, 1.807) is 18.2 Å². The van der Waals surface area contributed by atoms with Gasteiger partial charge in [-0.15, -0.1) is 0 Å². The van der Waals surface area contributed by atoms with Crippen LogP contribution in [-0.2, 0) is 0 Å². The van der Waals surface area contributed by atoms with Gasteiger partial charge in [0.2, 0.25) is 0 Å². The fourth-order valence-electron chi connectivity index (χ4n) is 2.85. The Morgan fingerprint density at radius 1 is 1.30 bits per heavy atom. The zero-order valence-corrected chi connectivity index (χ0v) is 15.2. The number of hydrogen-bond acceptors (Lipinski definition) is 5. The molecule has 8 nitrogen and oxygen atoms in total. The lowest BCUT2D eigenvalue weighted by Crippen LogP contribution is -2.57. The number of non-ortho nitro benzene ring substituents is 1. The Hall–Kier alpha value is -3.13. The Kier molecular flexibility index (Phi) is 5.27. The SMILES string of the molecule is CCCC1Nc2ccc(Cl)cc2C(=O)N1NC(=O)c1ccc([N+](=O)[O-])cc1. The minimum atomic E-state index is -0.544. The highest BCUT2D eigenvalue weighted by atomic mass is 35.5. The average molecular weight is 389 g/mol. The molecular weight excluding hydrogens is 372 g/mol. The summed E-state index contributed by atoms with van der Waals surface area (Å²) in [6, 6.07) is 10.1. The first-order chi connectivity index (χ1) is 12.9. The van der Waals surface area contributed by atoms with E-state index < -0.39 is 17.0 Å². The number of nitrogens with one attached hydrogen (secondary N) is 2. The second-order valence-electron chi connectivity index (χ2n) is 6.06. The predicted octanol–water partition coefficient (Wildman–Crippen LogP) is 3.59. The Bertz CT molecular complexity index is 901. The maximum absolute atomic E-state index is 12.9. The summed E-state index contributed by atoms with van der Waals surface area (Å²) >= 11 is 5.99. The number of fused-ring (bicyclic) bond motifs is 1. The molecule has 2 N–H and O–H groups in total. The fraction of sp³-hybridized carbons (Fsp3) is 0.222. The summed E-state index contributed by atoms with van der Waals surface area (Å²) in [6.45, 7) is 1.97. The molecule has 0 aromatic heterocycles. The molecule has 140 valence electrons. The van der Waals surface area contributed by atoms with Gasteiger partial charge in [-0.05, 0) is 36.8 Å². The monoisotopic (exact) mass is 388 g/mol. The van der Waals surface area contributed by atoms with E-state index in [1.807, 2.05) is 6.92 Å². The predicted molar refractivity (Wildman–Crippen MR) is 101 cm³/mol. The summed E-state index contributed by atoms with van der Waals surface area (Å²) in [7, 11) is 0. The number of hydrazine groups is 1. The van der Waals surface area contributed by atoms with Gasteiger partial charge in [-0.3, -0.25) is 25.1 Å². The van der Waals surface area contributed by atoms with Crippen LogP contribution >= 0.6 is 11.6 Å². The van der Waals surface area contributed by atoms with Gasteiger partial charge < -0.3 is 5.32 Å². The number of halogens is 1. The molecule has 0 radical (unpaired) electrons. The first-order valence-corrected chi connectivity index (χ1v) is 8.73. The van der Waals surface area contributed by atoms with Crippen molar-refractivity contribution in [2.75, 3.05) is 5.32 Å². The van der Waals surface area contributed by atoms with Crippen molar-refractivity contribution >= 4 is 34.8 Å². The van der Waals surface area contributed by atoms with Gasteiger partial charge in [0, 0.05) is 28.4 Å². The lowest BCUT2D eigenvalue weighted by molar-refractivity contribution is -0.384. The van der Waals surface area contributed by atoms with Crippen LogP contribution in [0.2, 0.25) is 5.02 Å². The van der Waals surface area contributed by atoms with Crippen molar-refractivity contribution in [1.29, 1.82) is 0 Å². The Morgan fingerprint density at radius 3 is 2.63 bits per heavy atom. The first-order valence-electron chi connectivity index (χ1n) is 8.35. The van der Waals surface area contributed by atoms with Crippen molar-refractivity contribution < 1.29 is 14.5 Å². The minimum absolute atomic E-state index is 0.116. The van der Waals surface area contributed by atoms with E-state index >= 15 is 0 Å². The van der Waals surface area contributed by atoms with E-state index in [0.29, 0.717) is 22.7 Å². The number of hydrogen-bond donors (Lipinski definition) is 2. The van der Waals surface area contributed by atoms with Crippen LogP contribution < -0.4 is 10.7 Å². The van der Waals surface area contributed by atoms with Crippen molar-refractivity contribution in [1.82, 2.24) is 10.4 Å². The number of nitrogens with zero attached hydrogens (tertiary/aromatic N) is 2. The summed E-state index contributed by atoms with van der Waals surface area (Å²) in [4.78, 5) is 35.6. The number of benzene rings is 2. The molecule has 1 aliphatic heterocycles. The maximum Gasteiger partial charge on any atom is 0.276 e. The third-order valence-corrected chi connectivity index (χ3v) is 4.42. The summed E-state index contributed by atoms with van der Waals surface area (Å²) < 4.78 is 0. The zero-order chi connectivity index (χ0) is 19.6. The smallest absolute Gasteiger partial charge is 0.276 e. The molecule has 3 rings (SSSR count). The number of carbonyl (C=O) groups excluding carboxylic acids is 2. The Morgan fingerprint density at radius 2 is 2.00 bits per heavy atom. The molecule has 1 unspecified atom stereocenters. The minimum Gasteiger partial charge on any atom is -0.363 e. The van der Waals surface area contributed by atoms with Gasteiger partial charge >= 0.3 is 0 Å². The highest BCUT2D eigenvalue weighted by molar-refractivity contribution is 6.31. The third-order valence-electron chi connectivity index (χ3n) is 4.19. The van der Waals surface area contributed by atoms with Crippen LogP contribution in [0.3, 0.4) is 0 Å². The van der Waals surface area contributed by atoms with Gasteiger partial charge in [0.25, 0.3) is 17.5 Å². The molecule has 2 aromatic carbocycles. The van der Waals surface area contributed by atoms with Crippen LogP contribution in [-0.4, -0.2) is 27.9 Å².